The second kappa shape index (κ2) is 5.84. The first-order chi connectivity index (χ1) is 7.95. The monoisotopic (exact) mass is 239 g/mol. The molecule has 1 amide bonds. The quantitative estimate of drug-likeness (QED) is 0.586. The molecule has 0 saturated carbocycles. The smallest absolute Gasteiger partial charge is 0.313 e. The Morgan fingerprint density at radius 1 is 1.47 bits per heavy atom. The lowest BCUT2D eigenvalue weighted by Gasteiger charge is -2.22. The Balaban J connectivity index is 2.32. The van der Waals surface area contributed by atoms with Crippen molar-refractivity contribution in [3.63, 3.8) is 0 Å². The van der Waals surface area contributed by atoms with E-state index < -0.39 is 5.41 Å². The van der Waals surface area contributed by atoms with Gasteiger partial charge in [0.2, 0.25) is 5.91 Å². The van der Waals surface area contributed by atoms with Crippen molar-refractivity contribution >= 4 is 11.9 Å². The Bertz CT molecular complexity index is 321. The number of nitrogens with one attached hydrogen (secondary N) is 1. The van der Waals surface area contributed by atoms with Crippen molar-refractivity contribution < 1.29 is 14.3 Å². The van der Waals surface area contributed by atoms with E-state index in [0.717, 1.165) is 12.8 Å². The second-order valence-corrected chi connectivity index (χ2v) is 5.12. The first-order valence-corrected chi connectivity index (χ1v) is 5.97. The third kappa shape index (κ3) is 4.21. The molecule has 0 aromatic rings. The zero-order valence-corrected chi connectivity index (χ0v) is 10.8. The molecule has 96 valence electrons. The molecule has 4 heteroatoms. The van der Waals surface area contributed by atoms with Gasteiger partial charge in [-0.25, -0.2) is 0 Å². The minimum atomic E-state index is -0.671. The van der Waals surface area contributed by atoms with Crippen LogP contribution in [0, 0.1) is 11.3 Å². The van der Waals surface area contributed by atoms with Gasteiger partial charge in [-0.05, 0) is 32.6 Å². The Hall–Kier alpha value is -1.32. The van der Waals surface area contributed by atoms with Gasteiger partial charge >= 0.3 is 5.97 Å². The average molecular weight is 239 g/mol. The molecular formula is C13H21NO3. The molecule has 0 fully saturated rings. The highest BCUT2D eigenvalue weighted by molar-refractivity contribution is 5.79. The van der Waals surface area contributed by atoms with E-state index in [9.17, 15) is 9.59 Å². The van der Waals surface area contributed by atoms with E-state index in [2.05, 4.69) is 22.2 Å². The van der Waals surface area contributed by atoms with E-state index >= 15 is 0 Å². The Morgan fingerprint density at radius 2 is 2.18 bits per heavy atom. The normalized spacial score (nSPS) is 19.1. The molecule has 1 aliphatic carbocycles. The van der Waals surface area contributed by atoms with E-state index in [1.165, 1.54) is 7.11 Å². The topological polar surface area (TPSA) is 55.4 Å². The van der Waals surface area contributed by atoms with Gasteiger partial charge < -0.3 is 10.1 Å². The first-order valence-electron chi connectivity index (χ1n) is 5.97. The lowest BCUT2D eigenvalue weighted by molar-refractivity contribution is -0.150. The van der Waals surface area contributed by atoms with E-state index in [-0.39, 0.29) is 11.9 Å². The summed E-state index contributed by atoms with van der Waals surface area (Å²) in [5.74, 6) is 0.0494. The number of hydrogen-bond acceptors (Lipinski definition) is 3. The van der Waals surface area contributed by atoms with E-state index in [1.54, 1.807) is 13.8 Å². The lowest BCUT2D eigenvalue weighted by atomic mass is 9.93. The molecule has 1 atom stereocenters. The van der Waals surface area contributed by atoms with Gasteiger partial charge in [0.25, 0.3) is 0 Å². The number of esters is 1. The molecule has 4 nitrogen and oxygen atoms in total. The van der Waals surface area contributed by atoms with Crippen molar-refractivity contribution in [2.45, 2.75) is 33.1 Å². The van der Waals surface area contributed by atoms with Gasteiger partial charge in [-0.15, -0.1) is 0 Å². The molecule has 0 radical (unpaired) electrons. The maximum absolute atomic E-state index is 11.7. The molecule has 0 aliphatic heterocycles. The summed E-state index contributed by atoms with van der Waals surface area (Å²) in [7, 11) is 1.36. The minimum Gasteiger partial charge on any atom is -0.469 e. The van der Waals surface area contributed by atoms with Crippen LogP contribution >= 0.6 is 0 Å². The van der Waals surface area contributed by atoms with Crippen LogP contribution in [0.4, 0.5) is 0 Å². The van der Waals surface area contributed by atoms with Crippen molar-refractivity contribution in [1.82, 2.24) is 5.32 Å². The highest BCUT2D eigenvalue weighted by Gasteiger charge is 2.29. The molecule has 0 heterocycles. The summed E-state index contributed by atoms with van der Waals surface area (Å²) in [6.07, 6.45) is 6.81. The first kappa shape index (κ1) is 13.7. The number of carbonyl (C=O) groups excluding carboxylic acids is 2. The van der Waals surface area contributed by atoms with Crippen LogP contribution in [0.5, 0.6) is 0 Å². The van der Waals surface area contributed by atoms with Gasteiger partial charge in [-0.2, -0.15) is 0 Å². The number of methoxy groups -OCH3 is 1. The predicted octanol–water partition coefficient (Wildman–Crippen LogP) is 1.66. The van der Waals surface area contributed by atoms with Gasteiger partial charge in [-0.1, -0.05) is 12.2 Å². The van der Waals surface area contributed by atoms with Crippen molar-refractivity contribution in [3.05, 3.63) is 12.2 Å². The number of hydrogen-bond donors (Lipinski definition) is 1. The molecule has 0 spiro atoms. The SMILES string of the molecule is COC(=O)C(C)(C)CNC(=O)CC1C=CCC1. The number of allylic oxidation sites excluding steroid dienone is 2. The molecule has 17 heavy (non-hydrogen) atoms. The Labute approximate surface area is 102 Å². The maximum atomic E-state index is 11.7. The summed E-state index contributed by atoms with van der Waals surface area (Å²) in [5, 5.41) is 2.79. The molecule has 0 aromatic carbocycles. The number of amides is 1. The van der Waals surface area contributed by atoms with Gasteiger partial charge in [0, 0.05) is 13.0 Å². The standard InChI is InChI=1S/C13H21NO3/c1-13(2,12(16)17-3)9-14-11(15)8-10-6-4-5-7-10/h4,6,10H,5,7-9H2,1-3H3,(H,14,15). The fourth-order valence-corrected chi connectivity index (χ4v) is 1.84. The fourth-order valence-electron chi connectivity index (χ4n) is 1.84. The van der Waals surface area contributed by atoms with Crippen LogP contribution in [0.2, 0.25) is 0 Å². The van der Waals surface area contributed by atoms with Crippen LogP contribution in [0.25, 0.3) is 0 Å². The molecule has 1 N–H and O–H groups in total. The lowest BCUT2D eigenvalue weighted by Crippen LogP contribution is -2.39. The number of ether oxygens (including phenoxy) is 1. The van der Waals surface area contributed by atoms with Gasteiger partial charge in [0.15, 0.2) is 0 Å². The van der Waals surface area contributed by atoms with Crippen LogP contribution in [-0.2, 0) is 14.3 Å². The molecule has 0 saturated heterocycles. The summed E-state index contributed by atoms with van der Waals surface area (Å²) in [6, 6.07) is 0. The molecule has 1 unspecified atom stereocenters. The maximum Gasteiger partial charge on any atom is 0.313 e. The number of carbonyl (C=O) groups is 2. The van der Waals surface area contributed by atoms with Crippen LogP contribution in [0.15, 0.2) is 12.2 Å². The van der Waals surface area contributed by atoms with Crippen LogP contribution in [0.3, 0.4) is 0 Å². The van der Waals surface area contributed by atoms with Crippen molar-refractivity contribution in [2.75, 3.05) is 13.7 Å². The summed E-state index contributed by atoms with van der Waals surface area (Å²) >= 11 is 0. The Morgan fingerprint density at radius 3 is 2.71 bits per heavy atom. The van der Waals surface area contributed by atoms with Crippen LogP contribution in [0.1, 0.15) is 33.1 Å². The molecule has 0 bridgehead atoms. The molecule has 1 aliphatic rings. The fraction of sp³-hybridized carbons (Fsp3) is 0.692. The van der Waals surface area contributed by atoms with Crippen molar-refractivity contribution in [1.29, 1.82) is 0 Å². The average Bonchev–Trinajstić information content (AvgIpc) is 2.78. The second-order valence-electron chi connectivity index (χ2n) is 5.12. The minimum absolute atomic E-state index is 0.00136. The van der Waals surface area contributed by atoms with E-state index in [0.29, 0.717) is 18.9 Å². The zero-order valence-electron chi connectivity index (χ0n) is 10.8. The molecular weight excluding hydrogens is 218 g/mol. The third-order valence-electron chi connectivity index (χ3n) is 3.03. The highest BCUT2D eigenvalue weighted by Crippen LogP contribution is 2.20. The summed E-state index contributed by atoms with van der Waals surface area (Å²) in [4.78, 5) is 23.1. The molecule has 1 rings (SSSR count). The highest BCUT2D eigenvalue weighted by atomic mass is 16.5. The van der Waals surface area contributed by atoms with Crippen molar-refractivity contribution in [2.24, 2.45) is 11.3 Å². The molecule has 0 aromatic heterocycles. The van der Waals surface area contributed by atoms with Crippen molar-refractivity contribution in [3.8, 4) is 0 Å². The van der Waals surface area contributed by atoms with E-state index in [1.807, 2.05) is 0 Å². The van der Waals surface area contributed by atoms with Gasteiger partial charge in [-0.3, -0.25) is 9.59 Å². The summed E-state index contributed by atoms with van der Waals surface area (Å²) < 4.78 is 4.68. The predicted molar refractivity (Wildman–Crippen MR) is 65.3 cm³/mol. The van der Waals surface area contributed by atoms with Crippen LogP contribution < -0.4 is 5.32 Å². The Kier molecular flexibility index (Phi) is 4.73. The van der Waals surface area contributed by atoms with E-state index in [4.69, 9.17) is 0 Å². The van der Waals surface area contributed by atoms with Crippen LogP contribution in [-0.4, -0.2) is 25.5 Å². The summed E-state index contributed by atoms with van der Waals surface area (Å²) in [5.41, 5.74) is -0.671. The van der Waals surface area contributed by atoms with Gasteiger partial charge in [0.05, 0.1) is 12.5 Å². The largest absolute Gasteiger partial charge is 0.469 e. The van der Waals surface area contributed by atoms with Gasteiger partial charge in [0.1, 0.15) is 0 Å². The summed E-state index contributed by atoms with van der Waals surface area (Å²) in [6.45, 7) is 3.83. The number of rotatable bonds is 5. The third-order valence-corrected chi connectivity index (χ3v) is 3.03. The zero-order chi connectivity index (χ0) is 12.9.